The molecule has 2 heterocycles. The Morgan fingerprint density at radius 3 is 2.95 bits per heavy atom. The van der Waals surface area contributed by atoms with Gasteiger partial charge in [0.05, 0.1) is 12.6 Å². The van der Waals surface area contributed by atoms with Gasteiger partial charge in [-0.25, -0.2) is 4.98 Å². The van der Waals surface area contributed by atoms with Gasteiger partial charge in [0.1, 0.15) is 11.6 Å². The highest BCUT2D eigenvalue weighted by Gasteiger charge is 2.37. The van der Waals surface area contributed by atoms with Crippen molar-refractivity contribution in [3.05, 3.63) is 29.8 Å². The quantitative estimate of drug-likeness (QED) is 0.941. The number of hydrogen-bond donors (Lipinski definition) is 1. The minimum absolute atomic E-state index is 0.651. The highest BCUT2D eigenvalue weighted by Crippen LogP contribution is 2.38. The molecule has 2 unspecified atom stereocenters. The Labute approximate surface area is 124 Å². The SMILES string of the molecule is COc1ccc2cc(CN3CC4CCC3C4)c(N)nc2c1. The van der Waals surface area contributed by atoms with Crippen LogP contribution in [-0.4, -0.2) is 29.6 Å². The molecule has 2 aliphatic rings. The number of methoxy groups -OCH3 is 1. The molecule has 110 valence electrons. The van der Waals surface area contributed by atoms with E-state index in [-0.39, 0.29) is 0 Å². The van der Waals surface area contributed by atoms with E-state index in [1.165, 1.54) is 25.8 Å². The van der Waals surface area contributed by atoms with E-state index in [9.17, 15) is 0 Å². The third kappa shape index (κ3) is 2.23. The molecule has 1 aromatic heterocycles. The van der Waals surface area contributed by atoms with Crippen molar-refractivity contribution in [2.45, 2.75) is 31.8 Å². The van der Waals surface area contributed by atoms with Crippen LogP contribution in [0.5, 0.6) is 5.75 Å². The molecule has 0 spiro atoms. The number of pyridine rings is 1. The molecule has 4 rings (SSSR count). The fourth-order valence-electron chi connectivity index (χ4n) is 3.90. The van der Waals surface area contributed by atoms with E-state index in [1.54, 1.807) is 7.11 Å². The van der Waals surface area contributed by atoms with Gasteiger partial charge in [-0.3, -0.25) is 4.90 Å². The van der Waals surface area contributed by atoms with Crippen molar-refractivity contribution in [1.82, 2.24) is 9.88 Å². The van der Waals surface area contributed by atoms with Crippen LogP contribution in [0.2, 0.25) is 0 Å². The van der Waals surface area contributed by atoms with E-state index in [0.717, 1.165) is 40.7 Å². The normalized spacial score (nSPS) is 24.8. The highest BCUT2D eigenvalue weighted by atomic mass is 16.5. The maximum Gasteiger partial charge on any atom is 0.128 e. The molecule has 2 atom stereocenters. The number of nitrogens with two attached hydrogens (primary N) is 1. The molecule has 2 fully saturated rings. The zero-order chi connectivity index (χ0) is 14.4. The summed E-state index contributed by atoms with van der Waals surface area (Å²) >= 11 is 0. The lowest BCUT2D eigenvalue weighted by molar-refractivity contribution is 0.205. The Bertz CT molecular complexity index is 685. The third-order valence-electron chi connectivity index (χ3n) is 5.03. The summed E-state index contributed by atoms with van der Waals surface area (Å²) in [4.78, 5) is 7.14. The standard InChI is InChI=1S/C17H21N3O/c1-21-15-5-3-12-7-13(17(18)19-16(12)8-15)10-20-9-11-2-4-14(20)6-11/h3,5,7-8,11,14H,2,4,6,9-10H2,1H3,(H2,18,19). The molecule has 0 radical (unpaired) electrons. The van der Waals surface area contributed by atoms with Crippen molar-refractivity contribution in [3.63, 3.8) is 0 Å². The number of nitrogen functional groups attached to an aromatic ring is 1. The van der Waals surface area contributed by atoms with Crippen molar-refractivity contribution < 1.29 is 4.74 Å². The number of ether oxygens (including phenoxy) is 1. The maximum absolute atomic E-state index is 6.18. The summed E-state index contributed by atoms with van der Waals surface area (Å²) in [5, 5.41) is 1.13. The Kier molecular flexibility index (Phi) is 3.00. The van der Waals surface area contributed by atoms with E-state index < -0.39 is 0 Å². The number of piperidine rings is 1. The molecule has 1 aromatic carbocycles. The minimum atomic E-state index is 0.651. The molecule has 2 bridgehead atoms. The molecule has 4 heteroatoms. The zero-order valence-electron chi connectivity index (χ0n) is 12.4. The summed E-state index contributed by atoms with van der Waals surface area (Å²) in [6.45, 7) is 2.16. The lowest BCUT2D eigenvalue weighted by Crippen LogP contribution is -2.31. The van der Waals surface area contributed by atoms with Gasteiger partial charge < -0.3 is 10.5 Å². The lowest BCUT2D eigenvalue weighted by Gasteiger charge is -2.27. The van der Waals surface area contributed by atoms with E-state index in [2.05, 4.69) is 22.0 Å². The Morgan fingerprint density at radius 1 is 1.33 bits per heavy atom. The summed E-state index contributed by atoms with van der Waals surface area (Å²) in [6.07, 6.45) is 4.13. The van der Waals surface area contributed by atoms with Crippen LogP contribution in [0, 0.1) is 5.92 Å². The van der Waals surface area contributed by atoms with Gasteiger partial charge in [0.15, 0.2) is 0 Å². The molecule has 2 N–H and O–H groups in total. The van der Waals surface area contributed by atoms with E-state index >= 15 is 0 Å². The fourth-order valence-corrected chi connectivity index (χ4v) is 3.90. The summed E-state index contributed by atoms with van der Waals surface area (Å²) in [7, 11) is 1.67. The number of aromatic nitrogens is 1. The highest BCUT2D eigenvalue weighted by molar-refractivity contribution is 5.82. The fraction of sp³-hybridized carbons (Fsp3) is 0.471. The molecule has 21 heavy (non-hydrogen) atoms. The predicted octanol–water partition coefficient (Wildman–Crippen LogP) is 2.81. The first-order valence-corrected chi connectivity index (χ1v) is 7.70. The smallest absolute Gasteiger partial charge is 0.128 e. The van der Waals surface area contributed by atoms with Gasteiger partial charge in [-0.05, 0) is 43.4 Å². The average molecular weight is 283 g/mol. The summed E-state index contributed by atoms with van der Waals surface area (Å²) < 4.78 is 5.24. The average Bonchev–Trinajstić information content (AvgIpc) is 3.10. The predicted molar refractivity (Wildman–Crippen MR) is 84.2 cm³/mol. The van der Waals surface area contributed by atoms with Crippen molar-refractivity contribution in [2.75, 3.05) is 19.4 Å². The molecule has 1 aliphatic heterocycles. The molecule has 2 aromatic rings. The van der Waals surface area contributed by atoms with E-state index in [4.69, 9.17) is 10.5 Å². The van der Waals surface area contributed by atoms with E-state index in [1.807, 2.05) is 12.1 Å². The Hall–Kier alpha value is -1.81. The first kappa shape index (κ1) is 12.9. The van der Waals surface area contributed by atoms with Gasteiger partial charge in [-0.2, -0.15) is 0 Å². The van der Waals surface area contributed by atoms with Gasteiger partial charge in [0.2, 0.25) is 0 Å². The molecule has 1 saturated heterocycles. The summed E-state index contributed by atoms with van der Waals surface area (Å²) in [5.41, 5.74) is 8.23. The molecule has 4 nitrogen and oxygen atoms in total. The van der Waals surface area contributed by atoms with Crippen LogP contribution in [0.4, 0.5) is 5.82 Å². The third-order valence-corrected chi connectivity index (χ3v) is 5.03. The number of fused-ring (bicyclic) bond motifs is 3. The van der Waals surface area contributed by atoms with Crippen LogP contribution < -0.4 is 10.5 Å². The number of benzene rings is 1. The zero-order valence-corrected chi connectivity index (χ0v) is 12.4. The monoisotopic (exact) mass is 283 g/mol. The van der Waals surface area contributed by atoms with Gasteiger partial charge in [0, 0.05) is 36.1 Å². The van der Waals surface area contributed by atoms with Crippen LogP contribution in [-0.2, 0) is 6.54 Å². The topological polar surface area (TPSA) is 51.4 Å². The number of nitrogens with zero attached hydrogens (tertiary/aromatic N) is 2. The van der Waals surface area contributed by atoms with Crippen molar-refractivity contribution in [3.8, 4) is 5.75 Å². The maximum atomic E-state index is 6.18. The van der Waals surface area contributed by atoms with Crippen molar-refractivity contribution >= 4 is 16.7 Å². The number of rotatable bonds is 3. The number of anilines is 1. The Morgan fingerprint density at radius 2 is 2.24 bits per heavy atom. The molecule has 0 amide bonds. The van der Waals surface area contributed by atoms with Gasteiger partial charge in [0.25, 0.3) is 0 Å². The minimum Gasteiger partial charge on any atom is -0.497 e. The number of likely N-dealkylation sites (tertiary alicyclic amines) is 1. The second-order valence-corrected chi connectivity index (χ2v) is 6.35. The van der Waals surface area contributed by atoms with Crippen molar-refractivity contribution in [2.24, 2.45) is 5.92 Å². The summed E-state index contributed by atoms with van der Waals surface area (Å²) in [6, 6.07) is 8.92. The van der Waals surface area contributed by atoms with Crippen LogP contribution in [0.15, 0.2) is 24.3 Å². The first-order valence-electron chi connectivity index (χ1n) is 7.70. The van der Waals surface area contributed by atoms with Crippen LogP contribution in [0.1, 0.15) is 24.8 Å². The molecular formula is C17H21N3O. The first-order chi connectivity index (χ1) is 10.2. The van der Waals surface area contributed by atoms with Gasteiger partial charge >= 0.3 is 0 Å². The van der Waals surface area contributed by atoms with Crippen LogP contribution in [0.25, 0.3) is 10.9 Å². The molecular weight excluding hydrogens is 262 g/mol. The van der Waals surface area contributed by atoms with Crippen LogP contribution >= 0.6 is 0 Å². The molecule has 1 saturated carbocycles. The van der Waals surface area contributed by atoms with Crippen molar-refractivity contribution in [1.29, 1.82) is 0 Å². The summed E-state index contributed by atoms with van der Waals surface area (Å²) in [5.74, 6) is 2.38. The second-order valence-electron chi connectivity index (χ2n) is 6.35. The van der Waals surface area contributed by atoms with Crippen LogP contribution in [0.3, 0.4) is 0 Å². The molecule has 1 aliphatic carbocycles. The second kappa shape index (κ2) is 4.88. The largest absolute Gasteiger partial charge is 0.497 e. The Balaban J connectivity index is 1.64. The lowest BCUT2D eigenvalue weighted by atomic mass is 10.1. The number of hydrogen-bond acceptors (Lipinski definition) is 4. The van der Waals surface area contributed by atoms with E-state index in [0.29, 0.717) is 5.82 Å². The van der Waals surface area contributed by atoms with Gasteiger partial charge in [-0.1, -0.05) is 0 Å². The van der Waals surface area contributed by atoms with Gasteiger partial charge in [-0.15, -0.1) is 0 Å².